The van der Waals surface area contributed by atoms with E-state index in [0.717, 1.165) is 24.0 Å². The monoisotopic (exact) mass is 352 g/mol. The van der Waals surface area contributed by atoms with E-state index < -0.39 is 10.0 Å². The van der Waals surface area contributed by atoms with E-state index in [1.807, 2.05) is 19.9 Å². The summed E-state index contributed by atoms with van der Waals surface area (Å²) in [7, 11) is -3.45. The normalized spacial score (nSPS) is 17.0. The number of nitrogens with zero attached hydrogens (tertiary/aromatic N) is 1. The van der Waals surface area contributed by atoms with Gasteiger partial charge in [-0.05, 0) is 56.4 Å². The van der Waals surface area contributed by atoms with Gasteiger partial charge in [0.15, 0.2) is 0 Å². The Morgan fingerprint density at radius 1 is 1.21 bits per heavy atom. The Morgan fingerprint density at radius 2 is 1.88 bits per heavy atom. The molecule has 0 bridgehead atoms. The van der Waals surface area contributed by atoms with Crippen molar-refractivity contribution in [1.82, 2.24) is 9.62 Å². The van der Waals surface area contributed by atoms with Crippen LogP contribution in [0.15, 0.2) is 23.1 Å². The van der Waals surface area contributed by atoms with Crippen LogP contribution in [0.25, 0.3) is 0 Å². The summed E-state index contributed by atoms with van der Waals surface area (Å²) in [6.45, 7) is 6.86. The first-order valence-corrected chi connectivity index (χ1v) is 10.2. The summed E-state index contributed by atoms with van der Waals surface area (Å²) >= 11 is 0. The Balaban J connectivity index is 1.95. The molecule has 0 atom stereocenters. The highest BCUT2D eigenvalue weighted by atomic mass is 32.2. The number of sulfonamides is 1. The fourth-order valence-electron chi connectivity index (χ4n) is 2.90. The number of benzene rings is 1. The molecule has 1 heterocycles. The van der Waals surface area contributed by atoms with Crippen LogP contribution in [0.5, 0.6) is 0 Å². The van der Waals surface area contributed by atoms with Crippen molar-refractivity contribution in [2.45, 2.75) is 63.8 Å². The zero-order chi connectivity index (χ0) is 17.7. The van der Waals surface area contributed by atoms with Crippen molar-refractivity contribution in [2.24, 2.45) is 0 Å². The highest BCUT2D eigenvalue weighted by Gasteiger charge is 2.30. The number of aryl methyl sites for hydroxylation is 2. The minimum absolute atomic E-state index is 0.0762. The number of hydrogen-bond donors (Lipinski definition) is 1. The lowest BCUT2D eigenvalue weighted by Crippen LogP contribution is -2.46. The summed E-state index contributed by atoms with van der Waals surface area (Å²) < 4.78 is 27.1. The molecule has 24 heavy (non-hydrogen) atoms. The van der Waals surface area contributed by atoms with Gasteiger partial charge < -0.3 is 5.32 Å². The van der Waals surface area contributed by atoms with Gasteiger partial charge in [-0.1, -0.05) is 19.4 Å². The lowest BCUT2D eigenvalue weighted by molar-refractivity contribution is -0.122. The highest BCUT2D eigenvalue weighted by molar-refractivity contribution is 7.89. The summed E-state index contributed by atoms with van der Waals surface area (Å²) in [6, 6.07) is 5.35. The second kappa shape index (κ2) is 8.12. The number of unbranched alkanes of at least 4 members (excludes halogenated alkanes) is 1. The van der Waals surface area contributed by atoms with Crippen LogP contribution in [0, 0.1) is 13.8 Å². The molecule has 0 radical (unpaired) electrons. The SMILES string of the molecule is CCCCC(=O)NC1CCN(S(=O)(=O)c2ccc(C)c(C)c2)CC1. The van der Waals surface area contributed by atoms with Crippen LogP contribution < -0.4 is 5.32 Å². The van der Waals surface area contributed by atoms with Gasteiger partial charge in [-0.2, -0.15) is 4.31 Å². The topological polar surface area (TPSA) is 66.5 Å². The molecule has 5 nitrogen and oxygen atoms in total. The number of carbonyl (C=O) groups is 1. The molecule has 1 aromatic rings. The quantitative estimate of drug-likeness (QED) is 0.856. The van der Waals surface area contributed by atoms with Crippen molar-refractivity contribution in [1.29, 1.82) is 0 Å². The number of hydrogen-bond acceptors (Lipinski definition) is 3. The first-order chi connectivity index (χ1) is 11.3. The van der Waals surface area contributed by atoms with E-state index in [1.165, 1.54) is 4.31 Å². The summed E-state index contributed by atoms with van der Waals surface area (Å²) in [5, 5.41) is 3.02. The third-order valence-electron chi connectivity index (χ3n) is 4.69. The molecule has 0 aromatic heterocycles. The van der Waals surface area contributed by atoms with E-state index in [4.69, 9.17) is 0 Å². The van der Waals surface area contributed by atoms with Crippen LogP contribution >= 0.6 is 0 Å². The maximum atomic E-state index is 12.8. The van der Waals surface area contributed by atoms with Gasteiger partial charge in [0, 0.05) is 25.6 Å². The summed E-state index contributed by atoms with van der Waals surface area (Å²) in [4.78, 5) is 12.2. The Morgan fingerprint density at radius 3 is 2.46 bits per heavy atom. The van der Waals surface area contributed by atoms with Crippen molar-refractivity contribution in [2.75, 3.05) is 13.1 Å². The number of nitrogens with one attached hydrogen (secondary N) is 1. The average molecular weight is 353 g/mol. The molecule has 1 aromatic carbocycles. The lowest BCUT2D eigenvalue weighted by atomic mass is 10.1. The van der Waals surface area contributed by atoms with E-state index in [-0.39, 0.29) is 11.9 Å². The first-order valence-electron chi connectivity index (χ1n) is 8.71. The van der Waals surface area contributed by atoms with Crippen molar-refractivity contribution in [3.63, 3.8) is 0 Å². The molecule has 0 aliphatic carbocycles. The fraction of sp³-hybridized carbons (Fsp3) is 0.611. The molecule has 1 saturated heterocycles. The van der Waals surface area contributed by atoms with Crippen molar-refractivity contribution in [3.05, 3.63) is 29.3 Å². The minimum Gasteiger partial charge on any atom is -0.353 e. The van der Waals surface area contributed by atoms with Crippen LogP contribution in [0.2, 0.25) is 0 Å². The van der Waals surface area contributed by atoms with E-state index in [1.54, 1.807) is 12.1 Å². The molecule has 134 valence electrons. The van der Waals surface area contributed by atoms with Crippen molar-refractivity contribution >= 4 is 15.9 Å². The van der Waals surface area contributed by atoms with E-state index in [9.17, 15) is 13.2 Å². The van der Waals surface area contributed by atoms with Crippen molar-refractivity contribution in [3.8, 4) is 0 Å². The molecular weight excluding hydrogens is 324 g/mol. The summed E-state index contributed by atoms with van der Waals surface area (Å²) in [5.74, 6) is 0.0762. The number of carbonyl (C=O) groups excluding carboxylic acids is 1. The van der Waals surface area contributed by atoms with Gasteiger partial charge in [0.2, 0.25) is 15.9 Å². The first kappa shape index (κ1) is 18.9. The van der Waals surface area contributed by atoms with Gasteiger partial charge >= 0.3 is 0 Å². The number of rotatable bonds is 6. The van der Waals surface area contributed by atoms with Crippen LogP contribution in [0.1, 0.15) is 50.2 Å². The third kappa shape index (κ3) is 4.57. The average Bonchev–Trinajstić information content (AvgIpc) is 2.56. The zero-order valence-electron chi connectivity index (χ0n) is 14.8. The Labute approximate surface area is 145 Å². The molecule has 1 fully saturated rings. The molecule has 0 unspecified atom stereocenters. The van der Waals surface area contributed by atoms with Gasteiger partial charge in [0.25, 0.3) is 0 Å². The largest absolute Gasteiger partial charge is 0.353 e. The molecule has 1 amide bonds. The van der Waals surface area contributed by atoms with Gasteiger partial charge in [0.05, 0.1) is 4.90 Å². The van der Waals surface area contributed by atoms with Crippen LogP contribution in [0.4, 0.5) is 0 Å². The van der Waals surface area contributed by atoms with Crippen molar-refractivity contribution < 1.29 is 13.2 Å². The summed E-state index contributed by atoms with van der Waals surface area (Å²) in [6.07, 6.45) is 3.79. The van der Waals surface area contributed by atoms with Gasteiger partial charge in [-0.15, -0.1) is 0 Å². The molecule has 6 heteroatoms. The molecular formula is C18H28N2O3S. The Bertz CT molecular complexity index is 678. The lowest BCUT2D eigenvalue weighted by Gasteiger charge is -2.31. The predicted octanol–water partition coefficient (Wildman–Crippen LogP) is 2.76. The fourth-order valence-corrected chi connectivity index (χ4v) is 4.46. The maximum absolute atomic E-state index is 12.8. The molecule has 1 aliphatic rings. The van der Waals surface area contributed by atoms with Gasteiger partial charge in [0.1, 0.15) is 0 Å². The number of amides is 1. The van der Waals surface area contributed by atoms with E-state index in [2.05, 4.69) is 12.2 Å². The second-order valence-electron chi connectivity index (χ2n) is 6.60. The highest BCUT2D eigenvalue weighted by Crippen LogP contribution is 2.22. The van der Waals surface area contributed by atoms with Gasteiger partial charge in [-0.25, -0.2) is 8.42 Å². The standard InChI is InChI=1S/C18H28N2O3S/c1-4-5-6-18(21)19-16-9-11-20(12-10-16)24(22,23)17-8-7-14(2)15(3)13-17/h7-8,13,16H,4-6,9-12H2,1-3H3,(H,19,21). The van der Waals surface area contributed by atoms with E-state index in [0.29, 0.717) is 37.2 Å². The van der Waals surface area contributed by atoms with Crippen LogP contribution in [-0.4, -0.2) is 37.8 Å². The Hall–Kier alpha value is -1.40. The predicted molar refractivity (Wildman–Crippen MR) is 95.4 cm³/mol. The second-order valence-corrected chi connectivity index (χ2v) is 8.53. The van der Waals surface area contributed by atoms with Crippen LogP contribution in [0.3, 0.4) is 0 Å². The minimum atomic E-state index is -3.45. The van der Waals surface area contributed by atoms with Gasteiger partial charge in [-0.3, -0.25) is 4.79 Å². The molecule has 0 saturated carbocycles. The molecule has 2 rings (SSSR count). The number of piperidine rings is 1. The molecule has 1 aliphatic heterocycles. The third-order valence-corrected chi connectivity index (χ3v) is 6.59. The van der Waals surface area contributed by atoms with Crippen LogP contribution in [-0.2, 0) is 14.8 Å². The summed E-state index contributed by atoms with van der Waals surface area (Å²) in [5.41, 5.74) is 2.07. The van der Waals surface area contributed by atoms with E-state index >= 15 is 0 Å². The molecule has 0 spiro atoms. The zero-order valence-corrected chi connectivity index (χ0v) is 15.7. The maximum Gasteiger partial charge on any atom is 0.243 e. The smallest absolute Gasteiger partial charge is 0.243 e. The molecule has 1 N–H and O–H groups in total. The Kier molecular flexibility index (Phi) is 6.40.